The highest BCUT2D eigenvalue weighted by Gasteiger charge is 2.17. The molecule has 0 spiro atoms. The van der Waals surface area contributed by atoms with E-state index in [1.54, 1.807) is 17.4 Å². The first-order chi connectivity index (χ1) is 17.2. The smallest absolute Gasteiger partial charge is 0.249 e. The number of amides is 1. The summed E-state index contributed by atoms with van der Waals surface area (Å²) in [4.78, 5) is 13.5. The monoisotopic (exact) mass is 474 g/mol. The Kier molecular flexibility index (Phi) is 5.32. The minimum absolute atomic E-state index is 0.421. The van der Waals surface area contributed by atoms with E-state index in [-0.39, 0.29) is 0 Å². The third-order valence-corrected chi connectivity index (χ3v) is 7.10. The van der Waals surface area contributed by atoms with Gasteiger partial charge < -0.3 is 15.0 Å². The molecule has 2 N–H and O–H groups in total. The average molecular weight is 475 g/mol. The van der Waals surface area contributed by atoms with Gasteiger partial charge in [0.2, 0.25) is 5.91 Å². The fraction of sp³-hybridized carbons (Fsp3) is 0.0333. The fourth-order valence-corrected chi connectivity index (χ4v) is 5.35. The van der Waals surface area contributed by atoms with Gasteiger partial charge in [-0.15, -0.1) is 11.3 Å². The van der Waals surface area contributed by atoms with Crippen molar-refractivity contribution in [3.8, 4) is 21.9 Å². The summed E-state index contributed by atoms with van der Waals surface area (Å²) in [7, 11) is 0. The highest BCUT2D eigenvalue weighted by molar-refractivity contribution is 7.13. The summed E-state index contributed by atoms with van der Waals surface area (Å²) >= 11 is 1.71. The van der Waals surface area contributed by atoms with E-state index in [0.29, 0.717) is 12.1 Å². The molecule has 170 valence electrons. The molecule has 6 aromatic rings. The molecular weight excluding hydrogens is 452 g/mol. The molecule has 6 rings (SSSR count). The molecular formula is C30H22N2O2S. The molecule has 0 aliphatic carbocycles. The summed E-state index contributed by atoms with van der Waals surface area (Å²) in [5, 5.41) is 3.99. The van der Waals surface area contributed by atoms with Crippen molar-refractivity contribution in [2.75, 3.05) is 0 Å². The predicted octanol–water partition coefficient (Wildman–Crippen LogP) is 7.46. The van der Waals surface area contributed by atoms with Gasteiger partial charge in [0.15, 0.2) is 0 Å². The van der Waals surface area contributed by atoms with E-state index in [0.717, 1.165) is 44.4 Å². The third-order valence-electron chi connectivity index (χ3n) is 6.18. The molecule has 0 bridgehead atoms. The van der Waals surface area contributed by atoms with Gasteiger partial charge in [0.05, 0.1) is 11.0 Å². The summed E-state index contributed by atoms with van der Waals surface area (Å²) in [5.74, 6) is 1.16. The van der Waals surface area contributed by atoms with E-state index in [1.165, 1.54) is 4.88 Å². The Labute approximate surface area is 206 Å². The van der Waals surface area contributed by atoms with Crippen molar-refractivity contribution in [2.24, 2.45) is 5.73 Å². The van der Waals surface area contributed by atoms with E-state index < -0.39 is 5.91 Å². The molecule has 0 unspecified atom stereocenters. The number of hydrogen-bond donors (Lipinski definition) is 1. The Morgan fingerprint density at radius 3 is 2.43 bits per heavy atom. The first-order valence-electron chi connectivity index (χ1n) is 11.4. The fourth-order valence-electron chi connectivity index (χ4n) is 4.63. The lowest BCUT2D eigenvalue weighted by Crippen LogP contribution is -2.11. The summed E-state index contributed by atoms with van der Waals surface area (Å²) < 4.78 is 8.32. The molecule has 0 fully saturated rings. The molecule has 2 heterocycles. The van der Waals surface area contributed by atoms with Crippen LogP contribution in [0.5, 0.6) is 11.5 Å². The number of carbonyl (C=O) groups excluding carboxylic acids is 1. The second-order valence-corrected chi connectivity index (χ2v) is 9.37. The van der Waals surface area contributed by atoms with Crippen molar-refractivity contribution in [1.82, 2.24) is 4.57 Å². The molecule has 2 aromatic heterocycles. The lowest BCUT2D eigenvalue weighted by Gasteiger charge is -2.11. The SMILES string of the molecule is NC(=O)c1cccc2c1c1ccc(-c3cccs3)cc1n2Cc1cccc(Oc2ccccc2)c1. The van der Waals surface area contributed by atoms with Gasteiger partial charge in [-0.1, -0.05) is 54.6 Å². The zero-order valence-electron chi connectivity index (χ0n) is 18.8. The number of hydrogen-bond acceptors (Lipinski definition) is 3. The van der Waals surface area contributed by atoms with Crippen molar-refractivity contribution in [3.63, 3.8) is 0 Å². The summed E-state index contributed by atoms with van der Waals surface area (Å²) in [6, 6.07) is 34.2. The standard InChI is InChI=1S/C30H22N2O2S/c31-30(33)25-11-5-12-26-29(25)24-15-14-21(28-13-6-16-35-28)18-27(24)32(26)19-20-7-4-10-23(17-20)34-22-8-2-1-3-9-22/h1-18H,19H2,(H2,31,33). The number of benzene rings is 4. The highest BCUT2D eigenvalue weighted by atomic mass is 32.1. The molecule has 0 radical (unpaired) electrons. The molecule has 4 nitrogen and oxygen atoms in total. The van der Waals surface area contributed by atoms with Crippen LogP contribution < -0.4 is 10.5 Å². The average Bonchev–Trinajstić information content (AvgIpc) is 3.52. The van der Waals surface area contributed by atoms with Gasteiger partial charge in [-0.2, -0.15) is 0 Å². The maximum Gasteiger partial charge on any atom is 0.249 e. The Hall–Kier alpha value is -4.35. The number of nitrogens with zero attached hydrogens (tertiary/aromatic N) is 1. The molecule has 0 aliphatic rings. The summed E-state index contributed by atoms with van der Waals surface area (Å²) in [5.41, 5.74) is 10.6. The first kappa shape index (κ1) is 21.2. The zero-order valence-corrected chi connectivity index (χ0v) is 19.7. The van der Waals surface area contributed by atoms with Gasteiger partial charge in [-0.05, 0) is 65.0 Å². The van der Waals surface area contributed by atoms with Gasteiger partial charge in [0.25, 0.3) is 0 Å². The van der Waals surface area contributed by atoms with Crippen molar-refractivity contribution < 1.29 is 9.53 Å². The number of primary amides is 1. The molecule has 0 aliphatic heterocycles. The predicted molar refractivity (Wildman–Crippen MR) is 143 cm³/mol. The van der Waals surface area contributed by atoms with Gasteiger partial charge >= 0.3 is 0 Å². The van der Waals surface area contributed by atoms with Crippen LogP contribution in [0.2, 0.25) is 0 Å². The normalized spacial score (nSPS) is 11.2. The molecule has 0 atom stereocenters. The van der Waals surface area contributed by atoms with Crippen LogP contribution in [0.25, 0.3) is 32.2 Å². The number of nitrogens with two attached hydrogens (primary N) is 1. The van der Waals surface area contributed by atoms with Crippen LogP contribution in [-0.2, 0) is 6.54 Å². The largest absolute Gasteiger partial charge is 0.457 e. The van der Waals surface area contributed by atoms with Gasteiger partial charge in [-0.3, -0.25) is 4.79 Å². The summed E-state index contributed by atoms with van der Waals surface area (Å²) in [6.45, 7) is 0.627. The first-order valence-corrected chi connectivity index (χ1v) is 12.3. The maximum absolute atomic E-state index is 12.3. The summed E-state index contributed by atoms with van der Waals surface area (Å²) in [6.07, 6.45) is 0. The number of aromatic nitrogens is 1. The zero-order chi connectivity index (χ0) is 23.8. The van der Waals surface area contributed by atoms with Crippen molar-refractivity contribution in [1.29, 1.82) is 0 Å². The number of thiophene rings is 1. The Morgan fingerprint density at radius 1 is 0.800 bits per heavy atom. The molecule has 0 saturated heterocycles. The van der Waals surface area contributed by atoms with E-state index in [9.17, 15) is 4.79 Å². The van der Waals surface area contributed by atoms with Crippen LogP contribution in [-0.4, -0.2) is 10.5 Å². The van der Waals surface area contributed by atoms with E-state index in [2.05, 4.69) is 58.5 Å². The lowest BCUT2D eigenvalue weighted by atomic mass is 10.0. The van der Waals surface area contributed by atoms with E-state index in [1.807, 2.05) is 48.5 Å². The molecule has 35 heavy (non-hydrogen) atoms. The molecule has 0 saturated carbocycles. The molecule has 1 amide bonds. The van der Waals surface area contributed by atoms with Crippen LogP contribution in [0.3, 0.4) is 0 Å². The van der Waals surface area contributed by atoms with Crippen molar-refractivity contribution in [3.05, 3.63) is 120 Å². The van der Waals surface area contributed by atoms with Gasteiger partial charge in [0.1, 0.15) is 11.5 Å². The maximum atomic E-state index is 12.3. The molecule has 5 heteroatoms. The van der Waals surface area contributed by atoms with Crippen LogP contribution >= 0.6 is 11.3 Å². The van der Waals surface area contributed by atoms with Crippen LogP contribution in [0.1, 0.15) is 15.9 Å². The van der Waals surface area contributed by atoms with E-state index >= 15 is 0 Å². The van der Waals surface area contributed by atoms with Gasteiger partial charge in [0, 0.05) is 27.8 Å². The van der Waals surface area contributed by atoms with Crippen LogP contribution in [0.15, 0.2) is 109 Å². The third kappa shape index (κ3) is 3.96. The van der Waals surface area contributed by atoms with Crippen LogP contribution in [0, 0.1) is 0 Å². The quantitative estimate of drug-likeness (QED) is 0.272. The Morgan fingerprint density at radius 2 is 1.63 bits per heavy atom. The highest BCUT2D eigenvalue weighted by Crippen LogP contribution is 2.36. The number of ether oxygens (including phenoxy) is 1. The number of rotatable bonds is 6. The van der Waals surface area contributed by atoms with Crippen LogP contribution in [0.4, 0.5) is 0 Å². The number of carbonyl (C=O) groups is 1. The second kappa shape index (κ2) is 8.78. The topological polar surface area (TPSA) is 57.2 Å². The lowest BCUT2D eigenvalue weighted by molar-refractivity contribution is 0.100. The minimum Gasteiger partial charge on any atom is -0.457 e. The van der Waals surface area contributed by atoms with Crippen molar-refractivity contribution >= 4 is 39.0 Å². The second-order valence-electron chi connectivity index (χ2n) is 8.42. The minimum atomic E-state index is -0.421. The van der Waals surface area contributed by atoms with E-state index in [4.69, 9.17) is 10.5 Å². The van der Waals surface area contributed by atoms with Gasteiger partial charge in [-0.25, -0.2) is 0 Å². The molecule has 4 aromatic carbocycles. The Balaban J connectivity index is 1.50. The number of para-hydroxylation sites is 1. The Bertz CT molecular complexity index is 1670. The van der Waals surface area contributed by atoms with Crippen molar-refractivity contribution in [2.45, 2.75) is 6.54 Å². The number of fused-ring (bicyclic) bond motifs is 3.